The normalized spacial score (nSPS) is 17.6. The zero-order valence-corrected chi connectivity index (χ0v) is 14.9. The second-order valence-corrected chi connectivity index (χ2v) is 5.97. The number of ether oxygens (including phenoxy) is 1. The first-order valence-electron chi connectivity index (χ1n) is 8.25. The molecule has 1 saturated heterocycles. The van der Waals surface area contributed by atoms with E-state index in [1.165, 1.54) is 25.3 Å². The summed E-state index contributed by atoms with van der Waals surface area (Å²) < 4.78 is 43.5. The van der Waals surface area contributed by atoms with Gasteiger partial charge in [-0.3, -0.25) is 19.9 Å². The summed E-state index contributed by atoms with van der Waals surface area (Å²) in [6, 6.07) is 9.21. The standard InChI is InChI=1S/C19H14F3N3O4/c1-29-14-7-3-6-13(9-14)25-17(27)15(16(26)24-18(25)28)10-23-12-5-2-4-11(8-12)19(20,21)22/h2-10,15H,1H3,(H,24,26,28)/t15-/m1/s1. The van der Waals surface area contributed by atoms with Crippen LogP contribution in [0.1, 0.15) is 5.56 Å². The molecule has 10 heteroatoms. The van der Waals surface area contributed by atoms with Crippen LogP contribution in [0.4, 0.5) is 29.3 Å². The van der Waals surface area contributed by atoms with Gasteiger partial charge in [0.15, 0.2) is 5.92 Å². The SMILES string of the molecule is COc1cccc(N2C(=O)NC(=O)[C@@H](C=Nc3cccc(C(F)(F)F)c3)C2=O)c1. The third kappa shape index (κ3) is 4.26. The third-order valence-electron chi connectivity index (χ3n) is 4.06. The monoisotopic (exact) mass is 405 g/mol. The first kappa shape index (κ1) is 20.1. The first-order chi connectivity index (χ1) is 13.7. The number of hydrogen-bond acceptors (Lipinski definition) is 5. The number of nitrogens with zero attached hydrogens (tertiary/aromatic N) is 2. The van der Waals surface area contributed by atoms with Crippen molar-refractivity contribution in [2.24, 2.45) is 10.9 Å². The molecule has 2 aromatic carbocycles. The summed E-state index contributed by atoms with van der Waals surface area (Å²) in [5, 5.41) is 2.03. The fourth-order valence-electron chi connectivity index (χ4n) is 2.64. The number of amides is 4. The number of imide groups is 2. The number of benzene rings is 2. The van der Waals surface area contributed by atoms with E-state index in [0.29, 0.717) is 5.75 Å². The molecule has 2 aromatic rings. The fraction of sp³-hybridized carbons (Fsp3) is 0.158. The minimum absolute atomic E-state index is 0.0924. The van der Waals surface area contributed by atoms with E-state index in [2.05, 4.69) is 4.99 Å². The molecule has 1 aliphatic rings. The highest BCUT2D eigenvalue weighted by Crippen LogP contribution is 2.31. The Bertz CT molecular complexity index is 1000. The van der Waals surface area contributed by atoms with Crippen LogP contribution in [0.15, 0.2) is 53.5 Å². The maximum Gasteiger partial charge on any atom is 0.416 e. The van der Waals surface area contributed by atoms with Crippen LogP contribution < -0.4 is 15.0 Å². The number of anilines is 1. The second kappa shape index (κ2) is 7.74. The molecule has 1 atom stereocenters. The molecule has 29 heavy (non-hydrogen) atoms. The van der Waals surface area contributed by atoms with Crippen molar-refractivity contribution >= 4 is 35.4 Å². The number of urea groups is 1. The van der Waals surface area contributed by atoms with Crippen molar-refractivity contribution in [1.29, 1.82) is 0 Å². The molecular formula is C19H14F3N3O4. The van der Waals surface area contributed by atoms with E-state index in [1.807, 2.05) is 5.32 Å². The minimum Gasteiger partial charge on any atom is -0.497 e. The molecular weight excluding hydrogens is 391 g/mol. The van der Waals surface area contributed by atoms with Gasteiger partial charge >= 0.3 is 12.2 Å². The molecule has 0 aliphatic carbocycles. The molecule has 0 aromatic heterocycles. The Labute approximate surface area is 162 Å². The van der Waals surface area contributed by atoms with E-state index < -0.39 is 35.5 Å². The summed E-state index contributed by atoms with van der Waals surface area (Å²) in [6.45, 7) is 0. The predicted molar refractivity (Wildman–Crippen MR) is 97.1 cm³/mol. The van der Waals surface area contributed by atoms with E-state index in [9.17, 15) is 27.6 Å². The molecule has 0 radical (unpaired) electrons. The number of carbonyl (C=O) groups excluding carboxylic acids is 3. The number of hydrogen-bond donors (Lipinski definition) is 1. The van der Waals surface area contributed by atoms with E-state index in [-0.39, 0.29) is 11.4 Å². The molecule has 1 aliphatic heterocycles. The average Bonchev–Trinajstić information content (AvgIpc) is 2.67. The summed E-state index contributed by atoms with van der Waals surface area (Å²) in [5.41, 5.74) is -0.846. The summed E-state index contributed by atoms with van der Waals surface area (Å²) in [7, 11) is 1.41. The lowest BCUT2D eigenvalue weighted by Gasteiger charge is -2.28. The van der Waals surface area contributed by atoms with Gasteiger partial charge in [-0.2, -0.15) is 13.2 Å². The van der Waals surface area contributed by atoms with E-state index in [1.54, 1.807) is 12.1 Å². The highest BCUT2D eigenvalue weighted by molar-refractivity contribution is 6.32. The Balaban J connectivity index is 1.89. The zero-order chi connectivity index (χ0) is 21.2. The van der Waals surface area contributed by atoms with Crippen molar-refractivity contribution in [3.8, 4) is 5.75 Å². The lowest BCUT2D eigenvalue weighted by atomic mass is 10.1. The van der Waals surface area contributed by atoms with Crippen molar-refractivity contribution < 1.29 is 32.3 Å². The Morgan fingerprint density at radius 2 is 1.83 bits per heavy atom. The molecule has 0 bridgehead atoms. The van der Waals surface area contributed by atoms with E-state index in [4.69, 9.17) is 4.74 Å². The van der Waals surface area contributed by atoms with Gasteiger partial charge in [-0.25, -0.2) is 9.69 Å². The molecule has 1 heterocycles. The van der Waals surface area contributed by atoms with Crippen LogP contribution >= 0.6 is 0 Å². The minimum atomic E-state index is -4.56. The molecule has 1 fully saturated rings. The summed E-state index contributed by atoms with van der Waals surface area (Å²) in [4.78, 5) is 41.5. The van der Waals surface area contributed by atoms with Crippen molar-refractivity contribution in [2.45, 2.75) is 6.18 Å². The van der Waals surface area contributed by atoms with Crippen LogP contribution in [0.2, 0.25) is 0 Å². The van der Waals surface area contributed by atoms with Gasteiger partial charge in [-0.1, -0.05) is 12.1 Å². The molecule has 0 spiro atoms. The molecule has 7 nitrogen and oxygen atoms in total. The lowest BCUT2D eigenvalue weighted by Crippen LogP contribution is -2.58. The molecule has 150 valence electrons. The number of alkyl halides is 3. The highest BCUT2D eigenvalue weighted by atomic mass is 19.4. The van der Waals surface area contributed by atoms with Crippen LogP contribution in [0, 0.1) is 5.92 Å². The van der Waals surface area contributed by atoms with E-state index >= 15 is 0 Å². The van der Waals surface area contributed by atoms with Crippen molar-refractivity contribution in [3.63, 3.8) is 0 Å². The van der Waals surface area contributed by atoms with Gasteiger partial charge in [-0.15, -0.1) is 0 Å². The third-order valence-corrected chi connectivity index (χ3v) is 4.06. The number of nitrogens with one attached hydrogen (secondary N) is 1. The van der Waals surface area contributed by atoms with Gasteiger partial charge in [0.25, 0.3) is 5.91 Å². The highest BCUT2D eigenvalue weighted by Gasteiger charge is 2.40. The Hall–Kier alpha value is -3.69. The number of halogens is 3. The van der Waals surface area contributed by atoms with Gasteiger partial charge in [0.2, 0.25) is 5.91 Å². The van der Waals surface area contributed by atoms with Crippen molar-refractivity contribution in [1.82, 2.24) is 5.32 Å². The number of rotatable bonds is 4. The summed E-state index contributed by atoms with van der Waals surface area (Å²) >= 11 is 0. The van der Waals surface area contributed by atoms with Crippen LogP contribution in [0.25, 0.3) is 0 Å². The number of methoxy groups -OCH3 is 1. The van der Waals surface area contributed by atoms with Crippen LogP contribution in [0.3, 0.4) is 0 Å². The Morgan fingerprint density at radius 3 is 2.52 bits per heavy atom. The van der Waals surface area contributed by atoms with E-state index in [0.717, 1.165) is 29.3 Å². The molecule has 0 unspecified atom stereocenters. The quantitative estimate of drug-likeness (QED) is 0.625. The maximum absolute atomic E-state index is 12.8. The fourth-order valence-corrected chi connectivity index (χ4v) is 2.64. The van der Waals surface area contributed by atoms with Gasteiger partial charge in [0, 0.05) is 12.3 Å². The topological polar surface area (TPSA) is 88.1 Å². The predicted octanol–water partition coefficient (Wildman–Crippen LogP) is 3.32. The Kier molecular flexibility index (Phi) is 5.35. The van der Waals surface area contributed by atoms with Crippen molar-refractivity contribution in [3.05, 3.63) is 54.1 Å². The van der Waals surface area contributed by atoms with Crippen LogP contribution in [0.5, 0.6) is 5.75 Å². The molecule has 1 N–H and O–H groups in total. The lowest BCUT2D eigenvalue weighted by molar-refractivity contribution is -0.137. The maximum atomic E-state index is 12.8. The second-order valence-electron chi connectivity index (χ2n) is 5.97. The van der Waals surface area contributed by atoms with Gasteiger partial charge in [0.1, 0.15) is 5.75 Å². The smallest absolute Gasteiger partial charge is 0.416 e. The number of aliphatic imine (C=N–C) groups is 1. The van der Waals surface area contributed by atoms with Crippen LogP contribution in [-0.4, -0.2) is 31.2 Å². The Morgan fingerprint density at radius 1 is 1.10 bits per heavy atom. The summed E-state index contributed by atoms with van der Waals surface area (Å²) in [6.07, 6.45) is -3.65. The van der Waals surface area contributed by atoms with Crippen LogP contribution in [-0.2, 0) is 15.8 Å². The number of carbonyl (C=O) groups is 3. The average molecular weight is 405 g/mol. The zero-order valence-electron chi connectivity index (χ0n) is 14.9. The molecule has 3 rings (SSSR count). The molecule has 4 amide bonds. The van der Waals surface area contributed by atoms with Crippen molar-refractivity contribution in [2.75, 3.05) is 12.0 Å². The summed E-state index contributed by atoms with van der Waals surface area (Å²) in [5.74, 6) is -2.92. The van der Waals surface area contributed by atoms with Gasteiger partial charge < -0.3 is 4.74 Å². The molecule has 0 saturated carbocycles. The first-order valence-corrected chi connectivity index (χ1v) is 8.25. The number of barbiturate groups is 1. The van der Waals surface area contributed by atoms with Gasteiger partial charge in [-0.05, 0) is 30.3 Å². The largest absolute Gasteiger partial charge is 0.497 e. The van der Waals surface area contributed by atoms with Gasteiger partial charge in [0.05, 0.1) is 24.0 Å².